The third-order valence-electron chi connectivity index (χ3n) is 4.39. The molecule has 0 saturated heterocycles. The van der Waals surface area contributed by atoms with E-state index in [4.69, 9.17) is 9.47 Å². The standard InChI is InChI=1S/C19H30N6O2.HI/c1-7-20-18(21-11-17-23-13-24-25(17)4)22-12-19(2,3)14-8-9-15(26-5)16(10-14)27-6;/h8-10,13H,7,11-12H2,1-6H3,(H2,20,21,22);1H. The molecule has 8 nitrogen and oxygen atoms in total. The number of guanidine groups is 1. The molecule has 1 heterocycles. The molecule has 2 N–H and O–H groups in total. The molecule has 9 heteroatoms. The first kappa shape index (κ1) is 24.0. The van der Waals surface area contributed by atoms with Crippen LogP contribution in [0.2, 0.25) is 0 Å². The maximum absolute atomic E-state index is 5.43. The zero-order chi connectivity index (χ0) is 19.9. The predicted molar refractivity (Wildman–Crippen MR) is 122 cm³/mol. The molecule has 2 rings (SSSR count). The normalized spacial score (nSPS) is 11.6. The maximum atomic E-state index is 5.43. The smallest absolute Gasteiger partial charge is 0.191 e. The summed E-state index contributed by atoms with van der Waals surface area (Å²) in [7, 11) is 5.15. The summed E-state index contributed by atoms with van der Waals surface area (Å²) in [6.07, 6.45) is 1.53. The van der Waals surface area contributed by atoms with Crippen LogP contribution in [0.4, 0.5) is 0 Å². The van der Waals surface area contributed by atoms with E-state index in [-0.39, 0.29) is 29.4 Å². The van der Waals surface area contributed by atoms with Crippen molar-refractivity contribution in [2.75, 3.05) is 27.3 Å². The number of hydrogen-bond donors (Lipinski definition) is 2. The molecule has 0 bridgehead atoms. The van der Waals surface area contributed by atoms with Crippen LogP contribution in [0.3, 0.4) is 0 Å². The third-order valence-corrected chi connectivity index (χ3v) is 4.39. The molecule has 2 aromatic rings. The van der Waals surface area contributed by atoms with E-state index < -0.39 is 0 Å². The zero-order valence-electron chi connectivity index (χ0n) is 17.4. The van der Waals surface area contributed by atoms with Gasteiger partial charge in [-0.3, -0.25) is 4.68 Å². The van der Waals surface area contributed by atoms with Crippen molar-refractivity contribution < 1.29 is 9.47 Å². The molecular weight excluding hydrogens is 471 g/mol. The lowest BCUT2D eigenvalue weighted by Gasteiger charge is -2.27. The van der Waals surface area contributed by atoms with Gasteiger partial charge in [0.2, 0.25) is 0 Å². The van der Waals surface area contributed by atoms with Gasteiger partial charge in [-0.15, -0.1) is 24.0 Å². The number of rotatable bonds is 8. The lowest BCUT2D eigenvalue weighted by molar-refractivity contribution is 0.353. The minimum Gasteiger partial charge on any atom is -0.493 e. The molecule has 1 aromatic carbocycles. The summed E-state index contributed by atoms with van der Waals surface area (Å²) >= 11 is 0. The van der Waals surface area contributed by atoms with Gasteiger partial charge in [0.25, 0.3) is 0 Å². The summed E-state index contributed by atoms with van der Waals surface area (Å²) in [5.74, 6) is 3.01. The number of hydrogen-bond acceptors (Lipinski definition) is 5. The van der Waals surface area contributed by atoms with Crippen molar-refractivity contribution in [1.29, 1.82) is 0 Å². The van der Waals surface area contributed by atoms with Gasteiger partial charge in [-0.1, -0.05) is 19.9 Å². The number of aliphatic imine (C=N–C) groups is 1. The second kappa shape index (κ2) is 11.1. The molecule has 156 valence electrons. The number of methoxy groups -OCH3 is 2. The topological polar surface area (TPSA) is 85.6 Å². The lowest BCUT2D eigenvalue weighted by Crippen LogP contribution is -2.43. The molecule has 0 amide bonds. The fourth-order valence-corrected chi connectivity index (χ4v) is 2.62. The second-order valence-electron chi connectivity index (χ2n) is 6.80. The minimum absolute atomic E-state index is 0. The van der Waals surface area contributed by atoms with Crippen LogP contribution in [0.15, 0.2) is 29.5 Å². The highest BCUT2D eigenvalue weighted by Gasteiger charge is 2.22. The van der Waals surface area contributed by atoms with E-state index >= 15 is 0 Å². The molecular formula is C19H31IN6O2. The number of halogens is 1. The van der Waals surface area contributed by atoms with Gasteiger partial charge in [0.05, 0.1) is 14.2 Å². The average Bonchev–Trinajstić information content (AvgIpc) is 3.08. The van der Waals surface area contributed by atoms with Crippen LogP contribution in [0.1, 0.15) is 32.2 Å². The van der Waals surface area contributed by atoms with E-state index in [1.54, 1.807) is 18.9 Å². The van der Waals surface area contributed by atoms with Gasteiger partial charge in [-0.25, -0.2) is 9.98 Å². The lowest BCUT2D eigenvalue weighted by atomic mass is 9.84. The predicted octanol–water partition coefficient (Wildman–Crippen LogP) is 2.48. The highest BCUT2D eigenvalue weighted by molar-refractivity contribution is 14.0. The van der Waals surface area contributed by atoms with Crippen molar-refractivity contribution in [2.24, 2.45) is 12.0 Å². The minimum atomic E-state index is -0.138. The Hall–Kier alpha value is -2.04. The van der Waals surface area contributed by atoms with Crippen LogP contribution in [-0.2, 0) is 19.0 Å². The molecule has 0 unspecified atom stereocenters. The maximum Gasteiger partial charge on any atom is 0.191 e. The first-order valence-electron chi connectivity index (χ1n) is 8.98. The molecule has 0 aliphatic rings. The Kier molecular flexibility index (Phi) is 9.50. The van der Waals surface area contributed by atoms with E-state index in [2.05, 4.69) is 45.6 Å². The number of ether oxygens (including phenoxy) is 2. The van der Waals surface area contributed by atoms with E-state index in [1.807, 2.05) is 26.1 Å². The zero-order valence-corrected chi connectivity index (χ0v) is 19.8. The van der Waals surface area contributed by atoms with Crippen molar-refractivity contribution in [2.45, 2.75) is 32.7 Å². The highest BCUT2D eigenvalue weighted by Crippen LogP contribution is 2.32. The average molecular weight is 502 g/mol. The largest absolute Gasteiger partial charge is 0.493 e. The van der Waals surface area contributed by atoms with Gasteiger partial charge < -0.3 is 20.1 Å². The van der Waals surface area contributed by atoms with Crippen molar-refractivity contribution in [3.63, 3.8) is 0 Å². The number of nitrogens with zero attached hydrogens (tertiary/aromatic N) is 4. The van der Waals surface area contributed by atoms with Gasteiger partial charge in [-0.05, 0) is 24.6 Å². The number of aromatic nitrogens is 3. The van der Waals surface area contributed by atoms with Gasteiger partial charge in [-0.2, -0.15) is 5.10 Å². The van der Waals surface area contributed by atoms with E-state index in [0.29, 0.717) is 13.1 Å². The Morgan fingerprint density at radius 2 is 1.89 bits per heavy atom. The Morgan fingerprint density at radius 3 is 2.46 bits per heavy atom. The summed E-state index contributed by atoms with van der Waals surface area (Å²) in [5, 5.41) is 10.8. The molecule has 0 aliphatic heterocycles. The van der Waals surface area contributed by atoms with Crippen LogP contribution in [0.5, 0.6) is 11.5 Å². The Labute approximate surface area is 184 Å². The molecule has 0 aliphatic carbocycles. The van der Waals surface area contributed by atoms with Crippen LogP contribution in [0.25, 0.3) is 0 Å². The summed E-state index contributed by atoms with van der Waals surface area (Å²) in [6.45, 7) is 8.33. The summed E-state index contributed by atoms with van der Waals surface area (Å²) in [5.41, 5.74) is 1.01. The first-order valence-corrected chi connectivity index (χ1v) is 8.98. The third kappa shape index (κ3) is 6.25. The number of nitrogens with one attached hydrogen (secondary N) is 2. The second-order valence-corrected chi connectivity index (χ2v) is 6.80. The van der Waals surface area contributed by atoms with Crippen LogP contribution in [-0.4, -0.2) is 48.0 Å². The van der Waals surface area contributed by atoms with Gasteiger partial charge in [0.15, 0.2) is 17.5 Å². The monoisotopic (exact) mass is 502 g/mol. The van der Waals surface area contributed by atoms with Crippen molar-refractivity contribution in [3.8, 4) is 11.5 Å². The summed E-state index contributed by atoms with van der Waals surface area (Å²) < 4.78 is 12.5. The molecule has 0 atom stereocenters. The van der Waals surface area contributed by atoms with Crippen molar-refractivity contribution in [3.05, 3.63) is 35.9 Å². The first-order chi connectivity index (χ1) is 12.9. The Bertz CT molecular complexity index is 776. The molecule has 28 heavy (non-hydrogen) atoms. The summed E-state index contributed by atoms with van der Waals surface area (Å²) in [4.78, 5) is 8.80. The fourth-order valence-electron chi connectivity index (χ4n) is 2.62. The van der Waals surface area contributed by atoms with Gasteiger partial charge in [0.1, 0.15) is 18.7 Å². The van der Waals surface area contributed by atoms with E-state index in [1.165, 1.54) is 6.33 Å². The molecule has 0 spiro atoms. The van der Waals surface area contributed by atoms with E-state index in [0.717, 1.165) is 35.4 Å². The number of benzene rings is 1. The molecule has 0 saturated carbocycles. The highest BCUT2D eigenvalue weighted by atomic mass is 127. The van der Waals surface area contributed by atoms with Crippen LogP contribution >= 0.6 is 24.0 Å². The molecule has 1 aromatic heterocycles. The molecule has 0 fully saturated rings. The fraction of sp³-hybridized carbons (Fsp3) is 0.526. The van der Waals surface area contributed by atoms with E-state index in [9.17, 15) is 0 Å². The van der Waals surface area contributed by atoms with Gasteiger partial charge >= 0.3 is 0 Å². The van der Waals surface area contributed by atoms with Crippen molar-refractivity contribution >= 4 is 29.9 Å². The van der Waals surface area contributed by atoms with Crippen molar-refractivity contribution in [1.82, 2.24) is 25.4 Å². The Balaban J connectivity index is 0.00000392. The SMILES string of the molecule is CCNC(=NCc1ncnn1C)NCC(C)(C)c1ccc(OC)c(OC)c1.I. The quantitative estimate of drug-likeness (QED) is 0.328. The Morgan fingerprint density at radius 1 is 1.18 bits per heavy atom. The number of aryl methyl sites for hydroxylation is 1. The molecule has 0 radical (unpaired) electrons. The van der Waals surface area contributed by atoms with Crippen LogP contribution in [0, 0.1) is 0 Å². The van der Waals surface area contributed by atoms with Gasteiger partial charge in [0, 0.05) is 25.6 Å². The van der Waals surface area contributed by atoms with Crippen LogP contribution < -0.4 is 20.1 Å². The summed E-state index contributed by atoms with van der Waals surface area (Å²) in [6, 6.07) is 6.01.